The average molecular weight is 250 g/mol. The van der Waals surface area contributed by atoms with Crippen molar-refractivity contribution in [3.05, 3.63) is 33.1 Å². The van der Waals surface area contributed by atoms with Crippen LogP contribution in [0, 0.1) is 0 Å². The maximum absolute atomic E-state index is 11.7. The Morgan fingerprint density at radius 2 is 2.24 bits per heavy atom. The number of H-pyrrole nitrogens is 1. The first-order valence-electron chi connectivity index (χ1n) is 7.31. The van der Waals surface area contributed by atoms with Gasteiger partial charge in [0.05, 0.1) is 14.8 Å². The second-order valence-corrected chi connectivity index (χ2v) is 3.03. The van der Waals surface area contributed by atoms with Crippen LogP contribution in [0.25, 0.3) is 0 Å². The molecule has 0 bridgehead atoms. The van der Waals surface area contributed by atoms with E-state index < -0.39 is 42.3 Å². The van der Waals surface area contributed by atoms with E-state index in [1.807, 2.05) is 0 Å². The third kappa shape index (κ3) is 2.03. The van der Waals surface area contributed by atoms with Gasteiger partial charge in [0.15, 0.2) is 6.20 Å². The van der Waals surface area contributed by atoms with Crippen LogP contribution in [0.15, 0.2) is 21.9 Å². The minimum Gasteiger partial charge on any atom is -0.394 e. The van der Waals surface area contributed by atoms with Crippen LogP contribution in [-0.2, 0) is 4.74 Å². The zero-order valence-electron chi connectivity index (χ0n) is 14.2. The molecule has 94 valence electrons. The molecule has 1 aromatic rings. The summed E-state index contributed by atoms with van der Waals surface area (Å²) < 4.78 is 49.5. The molecule has 0 aromatic carbocycles. The van der Waals surface area contributed by atoms with Crippen molar-refractivity contribution in [2.45, 2.75) is 24.4 Å². The second-order valence-electron chi connectivity index (χ2n) is 3.03. The van der Waals surface area contributed by atoms with Crippen molar-refractivity contribution >= 4 is 0 Å². The van der Waals surface area contributed by atoms with Crippen LogP contribution in [0.2, 0.25) is 0 Å². The van der Waals surface area contributed by atoms with Crippen LogP contribution in [0.3, 0.4) is 0 Å². The minimum atomic E-state index is -3.89. The summed E-state index contributed by atoms with van der Waals surface area (Å²) in [6, 6.07) is 0.692. The van der Waals surface area contributed by atoms with Gasteiger partial charge < -0.3 is 20.1 Å². The van der Waals surface area contributed by atoms with Gasteiger partial charge in [-0.25, -0.2) is 4.79 Å². The van der Waals surface area contributed by atoms with E-state index in [1.165, 1.54) is 0 Å². The summed E-state index contributed by atoms with van der Waals surface area (Å²) in [5, 5.41) is 29.3. The first-order valence-corrected chi connectivity index (χ1v) is 4.31. The molecule has 1 aliphatic heterocycles. The van der Waals surface area contributed by atoms with Crippen LogP contribution in [0.1, 0.15) is 14.4 Å². The summed E-state index contributed by atoms with van der Waals surface area (Å²) in [6.45, 7) is -3.80. The number of rotatable bonds is 2. The molecule has 0 unspecified atom stereocenters. The fourth-order valence-electron chi connectivity index (χ4n) is 1.22. The predicted molar refractivity (Wildman–Crippen MR) is 54.3 cm³/mol. The second kappa shape index (κ2) is 4.41. The van der Waals surface area contributed by atoms with Crippen molar-refractivity contribution in [1.82, 2.24) is 9.55 Å². The molecule has 1 saturated heterocycles. The van der Waals surface area contributed by atoms with Gasteiger partial charge in [-0.05, 0) is 0 Å². The number of aromatic nitrogens is 2. The van der Waals surface area contributed by atoms with Gasteiger partial charge in [0.1, 0.15) is 18.2 Å². The first kappa shape index (κ1) is 6.45. The van der Waals surface area contributed by atoms with Crippen molar-refractivity contribution < 1.29 is 28.3 Å². The molecule has 1 aliphatic rings. The van der Waals surface area contributed by atoms with E-state index >= 15 is 0 Å². The van der Waals surface area contributed by atoms with Gasteiger partial charge in [-0.1, -0.05) is 0 Å². The van der Waals surface area contributed by atoms with Crippen LogP contribution >= 0.6 is 0 Å². The normalized spacial score (nSPS) is 56.2. The topological polar surface area (TPSA) is 125 Å². The third-order valence-corrected chi connectivity index (χ3v) is 1.98. The van der Waals surface area contributed by atoms with Crippen molar-refractivity contribution in [3.63, 3.8) is 0 Å². The molecule has 17 heavy (non-hydrogen) atoms. The summed E-state index contributed by atoms with van der Waals surface area (Å²) in [6.07, 6.45) is -14.3. The lowest BCUT2D eigenvalue weighted by Gasteiger charge is -2.16. The first-order chi connectivity index (χ1) is 10.1. The zero-order valence-corrected chi connectivity index (χ0v) is 8.17. The molecule has 0 spiro atoms. The Hall–Kier alpha value is -1.48. The van der Waals surface area contributed by atoms with E-state index in [1.54, 1.807) is 4.98 Å². The Morgan fingerprint density at radius 3 is 2.76 bits per heavy atom. The Kier molecular flexibility index (Phi) is 1.68. The van der Waals surface area contributed by atoms with Gasteiger partial charge in [0.2, 0.25) is 0 Å². The Morgan fingerprint density at radius 1 is 1.53 bits per heavy atom. The van der Waals surface area contributed by atoms with Crippen LogP contribution in [0.5, 0.6) is 0 Å². The van der Waals surface area contributed by atoms with Gasteiger partial charge in [0, 0.05) is 12.3 Å². The highest BCUT2D eigenvalue weighted by molar-refractivity contribution is 4.92. The highest BCUT2D eigenvalue weighted by Gasteiger charge is 2.43. The van der Waals surface area contributed by atoms with Crippen molar-refractivity contribution in [3.8, 4) is 0 Å². The molecule has 4 N–H and O–H groups in total. The van der Waals surface area contributed by atoms with Crippen molar-refractivity contribution in [2.24, 2.45) is 0 Å². The number of hydrogen-bond donors (Lipinski definition) is 4. The summed E-state index contributed by atoms with van der Waals surface area (Å²) in [5.41, 5.74) is -2.30. The summed E-state index contributed by atoms with van der Waals surface area (Å²) in [7, 11) is 0. The van der Waals surface area contributed by atoms with Gasteiger partial charge in [-0.2, -0.15) is 0 Å². The fraction of sp³-hybridized carbons (Fsp3) is 0.556. The summed E-state index contributed by atoms with van der Waals surface area (Å²) in [4.78, 5) is 24.4. The molecule has 2 rings (SSSR count). The largest absolute Gasteiger partial charge is 0.394 e. The maximum atomic E-state index is 11.7. The molecule has 0 radical (unpaired) electrons. The SMILES string of the molecule is [2H]C([2H])(O)[C@@]1([2H])O[C@@]([2H])(n2ccc(=O)[nH]c2=O)[C@]([2H])(O)[C@]1([2H])O. The number of aromatic amines is 1. The maximum Gasteiger partial charge on any atom is 0.330 e. The van der Waals surface area contributed by atoms with Crippen LogP contribution < -0.4 is 11.2 Å². The molecular formula is C9H12N2O6. The highest BCUT2D eigenvalue weighted by atomic mass is 16.6. The smallest absolute Gasteiger partial charge is 0.330 e. The number of ether oxygens (including phenoxy) is 1. The monoisotopic (exact) mass is 250 g/mol. The van der Waals surface area contributed by atoms with Crippen LogP contribution in [0.4, 0.5) is 0 Å². The van der Waals surface area contributed by atoms with Gasteiger partial charge in [-0.15, -0.1) is 0 Å². The Bertz CT molecular complexity index is 756. The fourth-order valence-corrected chi connectivity index (χ4v) is 1.22. The summed E-state index contributed by atoms with van der Waals surface area (Å²) >= 11 is 0. The molecule has 1 aromatic heterocycles. The number of nitrogens with zero attached hydrogens (tertiary/aromatic N) is 1. The molecule has 0 aliphatic carbocycles. The van der Waals surface area contributed by atoms with E-state index in [-0.39, 0.29) is 4.57 Å². The lowest BCUT2D eigenvalue weighted by atomic mass is 10.1. The highest BCUT2D eigenvalue weighted by Crippen LogP contribution is 2.27. The van der Waals surface area contributed by atoms with Crippen molar-refractivity contribution in [1.29, 1.82) is 0 Å². The molecule has 8 heteroatoms. The van der Waals surface area contributed by atoms with Gasteiger partial charge in [0.25, 0.3) is 5.56 Å². The molecule has 1 fully saturated rings. The van der Waals surface area contributed by atoms with Gasteiger partial charge in [-0.3, -0.25) is 14.3 Å². The number of nitrogens with one attached hydrogen (secondary N) is 1. The van der Waals surface area contributed by atoms with E-state index in [0.29, 0.717) is 12.3 Å². The van der Waals surface area contributed by atoms with E-state index in [9.17, 15) is 24.9 Å². The molecule has 4 atom stereocenters. The average Bonchev–Trinajstić information content (AvgIpc) is 2.46. The zero-order chi connectivity index (χ0) is 18.1. The quantitative estimate of drug-likeness (QED) is 0.448. The number of hydrogen-bond acceptors (Lipinski definition) is 6. The molecule has 8 nitrogen and oxygen atoms in total. The molecule has 2 heterocycles. The Balaban J connectivity index is 2.79. The van der Waals surface area contributed by atoms with E-state index in [4.69, 9.17) is 8.22 Å². The summed E-state index contributed by atoms with van der Waals surface area (Å²) in [5.74, 6) is 0. The van der Waals surface area contributed by atoms with E-state index in [2.05, 4.69) is 4.74 Å². The lowest BCUT2D eigenvalue weighted by Crippen LogP contribution is -2.37. The standard InChI is InChI=1S/C9H12N2O6/c12-3-4-6(14)7(15)8(17-4)11-2-1-5(13)10-9(11)16/h1-2,4,6-8,12,14-15H,3H2,(H,10,13,16)/t4-,6-,7-,8-/m1/s1/i3D2,4D,6D,7D,8D. The predicted octanol–water partition coefficient (Wildman–Crippen LogP) is -2.85. The third-order valence-electron chi connectivity index (χ3n) is 1.98. The van der Waals surface area contributed by atoms with E-state index in [0.717, 1.165) is 0 Å². The lowest BCUT2D eigenvalue weighted by molar-refractivity contribution is -0.0550. The Labute approximate surface area is 103 Å². The minimum absolute atomic E-state index is 0.0724. The van der Waals surface area contributed by atoms with Gasteiger partial charge >= 0.3 is 5.69 Å². The number of aliphatic hydroxyl groups is 3. The molecule has 0 amide bonds. The molecule has 0 saturated carbocycles. The van der Waals surface area contributed by atoms with Crippen LogP contribution in [-0.4, -0.2) is 49.7 Å². The van der Waals surface area contributed by atoms with Crippen molar-refractivity contribution in [2.75, 3.05) is 6.56 Å². The molecular weight excluding hydrogens is 232 g/mol.